The molecule has 2 aromatic rings. The maximum Gasteiger partial charge on any atom is 0.191 e. The number of hydrogen-bond donors (Lipinski definition) is 3. The van der Waals surface area contributed by atoms with Crippen LogP contribution in [0.25, 0.3) is 11.4 Å². The smallest absolute Gasteiger partial charge is 0.191 e. The number of nitrogens with one attached hydrogen (secondary N) is 3. The van der Waals surface area contributed by atoms with Gasteiger partial charge in [-0.25, -0.2) is 9.98 Å². The van der Waals surface area contributed by atoms with Crippen molar-refractivity contribution in [3.8, 4) is 11.4 Å². The zero-order valence-corrected chi connectivity index (χ0v) is 16.9. The van der Waals surface area contributed by atoms with Crippen LogP contribution in [0, 0.1) is 0 Å². The van der Waals surface area contributed by atoms with E-state index in [0.717, 1.165) is 61.9 Å². The average molecular weight is 382 g/mol. The first-order valence-corrected chi connectivity index (χ1v) is 10.00. The highest BCUT2D eigenvalue weighted by Gasteiger charge is 2.19. The highest BCUT2D eigenvalue weighted by Crippen LogP contribution is 2.16. The summed E-state index contributed by atoms with van der Waals surface area (Å²) in [6.45, 7) is 12.9. The summed E-state index contributed by atoms with van der Waals surface area (Å²) in [4.78, 5) is 11.5. The summed E-state index contributed by atoms with van der Waals surface area (Å²) in [5, 5.41) is 13.8. The summed E-state index contributed by atoms with van der Waals surface area (Å²) in [6.07, 6.45) is 3.77. The monoisotopic (exact) mass is 381 g/mol. The van der Waals surface area contributed by atoms with Crippen LogP contribution in [0.5, 0.6) is 0 Å². The van der Waals surface area contributed by atoms with E-state index >= 15 is 0 Å². The molecule has 1 aliphatic rings. The van der Waals surface area contributed by atoms with Gasteiger partial charge in [-0.2, -0.15) is 5.10 Å². The van der Waals surface area contributed by atoms with E-state index in [4.69, 9.17) is 4.99 Å². The van der Waals surface area contributed by atoms with Crippen molar-refractivity contribution in [1.29, 1.82) is 0 Å². The zero-order valence-electron chi connectivity index (χ0n) is 16.9. The molecule has 0 bridgehead atoms. The Bertz CT molecular complexity index is 774. The molecule has 1 fully saturated rings. The van der Waals surface area contributed by atoms with Crippen LogP contribution in [0.2, 0.25) is 0 Å². The number of hydrogen-bond acceptors (Lipinski definition) is 4. The van der Waals surface area contributed by atoms with E-state index in [1.807, 2.05) is 12.1 Å². The van der Waals surface area contributed by atoms with Crippen LogP contribution in [-0.2, 0) is 6.54 Å². The second-order valence-corrected chi connectivity index (χ2v) is 7.38. The number of nitrogens with zero attached hydrogens (tertiary/aromatic N) is 4. The Morgan fingerprint density at radius 3 is 2.86 bits per heavy atom. The molecule has 0 spiro atoms. The lowest BCUT2D eigenvalue weighted by Gasteiger charge is -2.33. The van der Waals surface area contributed by atoms with Crippen molar-refractivity contribution in [1.82, 2.24) is 30.7 Å². The lowest BCUT2D eigenvalue weighted by atomic mass is 10.0. The van der Waals surface area contributed by atoms with Gasteiger partial charge < -0.3 is 10.6 Å². The third-order valence-electron chi connectivity index (χ3n) is 4.80. The third-order valence-corrected chi connectivity index (χ3v) is 4.80. The van der Waals surface area contributed by atoms with Crippen molar-refractivity contribution in [2.24, 2.45) is 4.99 Å². The fourth-order valence-corrected chi connectivity index (χ4v) is 3.46. The molecule has 150 valence electrons. The standard InChI is InChI=1S/C21H31N7/c1-4-22-21(26-19-8-10-28(11-9-19)14-16(2)3)23-13-17-6-5-7-18(12-17)20-24-15-25-27-20/h5-7,12,15,19H,2,4,8-11,13-14H2,1,3H3,(H2,22,23,26)(H,24,25,27). The molecule has 0 unspecified atom stereocenters. The molecule has 1 aromatic heterocycles. The maximum atomic E-state index is 4.79. The van der Waals surface area contributed by atoms with Crippen LogP contribution in [0.3, 0.4) is 0 Å². The van der Waals surface area contributed by atoms with E-state index in [2.05, 4.69) is 63.3 Å². The van der Waals surface area contributed by atoms with Crippen LogP contribution in [0.15, 0.2) is 47.7 Å². The number of aliphatic imine (C=N–C) groups is 1. The Morgan fingerprint density at radius 1 is 1.36 bits per heavy atom. The highest BCUT2D eigenvalue weighted by atomic mass is 15.2. The first-order valence-electron chi connectivity index (χ1n) is 10.00. The maximum absolute atomic E-state index is 4.79. The average Bonchev–Trinajstić information content (AvgIpc) is 3.22. The van der Waals surface area contributed by atoms with Gasteiger partial charge in [0.2, 0.25) is 0 Å². The molecule has 0 radical (unpaired) electrons. The van der Waals surface area contributed by atoms with Crippen molar-refractivity contribution >= 4 is 5.96 Å². The highest BCUT2D eigenvalue weighted by molar-refractivity contribution is 5.80. The summed E-state index contributed by atoms with van der Waals surface area (Å²) in [6, 6.07) is 8.70. The second-order valence-electron chi connectivity index (χ2n) is 7.38. The molecule has 1 aliphatic heterocycles. The van der Waals surface area contributed by atoms with Crippen LogP contribution >= 0.6 is 0 Å². The minimum Gasteiger partial charge on any atom is -0.357 e. The Labute approximate surface area is 167 Å². The van der Waals surface area contributed by atoms with Gasteiger partial charge in [-0.3, -0.25) is 10.00 Å². The number of rotatable bonds is 7. The molecule has 0 aliphatic carbocycles. The predicted octanol–water partition coefficient (Wildman–Crippen LogP) is 2.57. The second kappa shape index (κ2) is 10.0. The molecule has 0 atom stereocenters. The van der Waals surface area contributed by atoms with Crippen molar-refractivity contribution < 1.29 is 0 Å². The summed E-state index contributed by atoms with van der Waals surface area (Å²) < 4.78 is 0. The van der Waals surface area contributed by atoms with E-state index in [1.54, 1.807) is 0 Å². The normalized spacial score (nSPS) is 16.1. The van der Waals surface area contributed by atoms with E-state index in [-0.39, 0.29) is 0 Å². The number of H-pyrrole nitrogens is 1. The summed E-state index contributed by atoms with van der Waals surface area (Å²) in [5.74, 6) is 1.66. The Morgan fingerprint density at radius 2 is 2.18 bits per heavy atom. The van der Waals surface area contributed by atoms with Crippen LogP contribution in [0.4, 0.5) is 0 Å². The number of benzene rings is 1. The Hall–Kier alpha value is -2.67. The van der Waals surface area contributed by atoms with Crippen molar-refractivity contribution in [2.45, 2.75) is 39.3 Å². The van der Waals surface area contributed by atoms with Crippen molar-refractivity contribution in [3.63, 3.8) is 0 Å². The molecule has 1 aromatic carbocycles. The Balaban J connectivity index is 1.57. The molecule has 7 heteroatoms. The number of guanidine groups is 1. The van der Waals surface area contributed by atoms with Crippen LogP contribution < -0.4 is 10.6 Å². The van der Waals surface area contributed by atoms with E-state index < -0.39 is 0 Å². The minimum atomic E-state index is 0.458. The number of aromatic amines is 1. The quantitative estimate of drug-likeness (QED) is 0.390. The topological polar surface area (TPSA) is 81.2 Å². The molecular formula is C21H31N7. The van der Waals surface area contributed by atoms with Gasteiger partial charge in [-0.15, -0.1) is 0 Å². The molecule has 28 heavy (non-hydrogen) atoms. The first kappa shape index (κ1) is 20.1. The lowest BCUT2D eigenvalue weighted by Crippen LogP contribution is -2.48. The molecule has 0 amide bonds. The van der Waals surface area contributed by atoms with Crippen molar-refractivity contribution in [2.75, 3.05) is 26.2 Å². The van der Waals surface area contributed by atoms with E-state index in [1.165, 1.54) is 11.9 Å². The molecule has 7 nitrogen and oxygen atoms in total. The fraction of sp³-hybridized carbons (Fsp3) is 0.476. The minimum absolute atomic E-state index is 0.458. The van der Waals surface area contributed by atoms with E-state index in [9.17, 15) is 0 Å². The molecular weight excluding hydrogens is 350 g/mol. The van der Waals surface area contributed by atoms with Crippen LogP contribution in [0.1, 0.15) is 32.3 Å². The molecule has 3 N–H and O–H groups in total. The van der Waals surface area contributed by atoms with Gasteiger partial charge in [-0.05, 0) is 38.3 Å². The van der Waals surface area contributed by atoms with Gasteiger partial charge in [0.15, 0.2) is 11.8 Å². The zero-order chi connectivity index (χ0) is 19.8. The van der Waals surface area contributed by atoms with Gasteiger partial charge in [0.25, 0.3) is 0 Å². The molecule has 2 heterocycles. The van der Waals surface area contributed by atoms with Crippen molar-refractivity contribution in [3.05, 3.63) is 48.3 Å². The SMILES string of the molecule is C=C(C)CN1CCC(NC(=NCc2cccc(-c3ncn[nH]3)c2)NCC)CC1. The van der Waals surface area contributed by atoms with Gasteiger partial charge in [0.1, 0.15) is 6.33 Å². The third kappa shape index (κ3) is 5.92. The number of likely N-dealkylation sites (tertiary alicyclic amines) is 1. The largest absolute Gasteiger partial charge is 0.357 e. The summed E-state index contributed by atoms with van der Waals surface area (Å²) in [7, 11) is 0. The van der Waals surface area contributed by atoms with Gasteiger partial charge in [0.05, 0.1) is 6.54 Å². The van der Waals surface area contributed by atoms with Gasteiger partial charge in [-0.1, -0.05) is 30.4 Å². The first-order chi connectivity index (χ1) is 13.6. The fourth-order valence-electron chi connectivity index (χ4n) is 3.46. The van der Waals surface area contributed by atoms with Crippen LogP contribution in [-0.4, -0.2) is 58.3 Å². The van der Waals surface area contributed by atoms with E-state index in [0.29, 0.717) is 12.6 Å². The predicted molar refractivity (Wildman–Crippen MR) is 114 cm³/mol. The number of piperidine rings is 1. The summed E-state index contributed by atoms with van der Waals surface area (Å²) in [5.41, 5.74) is 3.39. The summed E-state index contributed by atoms with van der Waals surface area (Å²) >= 11 is 0. The Kier molecular flexibility index (Phi) is 7.19. The molecule has 1 saturated heterocycles. The molecule has 3 rings (SSSR count). The number of aromatic nitrogens is 3. The molecule has 0 saturated carbocycles. The lowest BCUT2D eigenvalue weighted by molar-refractivity contribution is 0.221. The van der Waals surface area contributed by atoms with Gasteiger partial charge >= 0.3 is 0 Å². The van der Waals surface area contributed by atoms with Gasteiger partial charge in [0, 0.05) is 37.8 Å².